The highest BCUT2D eigenvalue weighted by Gasteiger charge is 2.22. The zero-order valence-electron chi connectivity index (χ0n) is 39.1. The first kappa shape index (κ1) is 57.0. The van der Waals surface area contributed by atoms with E-state index in [0.717, 1.165) is 38.5 Å². The number of rotatable bonds is 43. The number of carboxylic acid groups (broad SMARTS) is 2. The molecule has 0 saturated carbocycles. The van der Waals surface area contributed by atoms with Crippen molar-refractivity contribution in [1.82, 2.24) is 5.32 Å². The molecule has 0 aliphatic heterocycles. The first-order chi connectivity index (χ1) is 30.5. The Balaban J connectivity index is 2.48. The molecular weight excluding hydrogens is 805 g/mol. The van der Waals surface area contributed by atoms with Crippen molar-refractivity contribution >= 4 is 41.4 Å². The topological polar surface area (TPSA) is 195 Å². The number of esters is 2. The molecule has 4 N–H and O–H groups in total. The zero-order valence-corrected chi connectivity index (χ0v) is 39.1. The highest BCUT2D eigenvalue weighted by Crippen LogP contribution is 2.16. The molecule has 2 atom stereocenters. The summed E-state index contributed by atoms with van der Waals surface area (Å²) in [5, 5.41) is 23.2. The number of hydrogen-bond donors (Lipinski definition) is 4. The Morgan fingerprint density at radius 2 is 0.984 bits per heavy atom. The number of carbonyl (C=O) groups is 6. The summed E-state index contributed by atoms with van der Waals surface area (Å²) in [4.78, 5) is 72.8. The van der Waals surface area contributed by atoms with Gasteiger partial charge in [-0.05, 0) is 43.5 Å². The Bertz CT molecular complexity index is 1370. The number of hydrogen-bond acceptors (Lipinski definition) is 9. The minimum absolute atomic E-state index is 0.0130. The molecule has 360 valence electrons. The van der Waals surface area contributed by atoms with E-state index in [4.69, 9.17) is 19.3 Å². The first-order valence-corrected chi connectivity index (χ1v) is 24.6. The molecule has 0 aliphatic rings. The average molecular weight is 889 g/mol. The lowest BCUT2D eigenvalue weighted by Gasteiger charge is -2.18. The lowest BCUT2D eigenvalue weighted by Crippen LogP contribution is -2.41. The van der Waals surface area contributed by atoms with E-state index in [1.807, 2.05) is 0 Å². The van der Waals surface area contributed by atoms with E-state index in [9.17, 15) is 33.9 Å². The second-order valence-corrected chi connectivity index (χ2v) is 17.0. The van der Waals surface area contributed by atoms with Gasteiger partial charge >= 0.3 is 23.9 Å². The van der Waals surface area contributed by atoms with Crippen LogP contribution in [-0.2, 0) is 38.2 Å². The van der Waals surface area contributed by atoms with Crippen LogP contribution in [0.5, 0.6) is 0 Å². The fraction of sp³-hybridized carbons (Fsp3) is 0.760. The Morgan fingerprint density at radius 1 is 0.540 bits per heavy atom. The summed E-state index contributed by atoms with van der Waals surface area (Å²) >= 11 is 0. The van der Waals surface area contributed by atoms with Crippen molar-refractivity contribution in [3.05, 3.63) is 29.8 Å². The quantitative estimate of drug-likeness (QED) is 0.0360. The van der Waals surface area contributed by atoms with Gasteiger partial charge in [0.05, 0.1) is 19.6 Å². The second-order valence-electron chi connectivity index (χ2n) is 17.0. The van der Waals surface area contributed by atoms with Crippen molar-refractivity contribution in [1.29, 1.82) is 0 Å². The number of aliphatic carboxylic acids is 2. The van der Waals surface area contributed by atoms with E-state index in [2.05, 4.69) is 24.5 Å². The maximum Gasteiger partial charge on any atom is 0.326 e. The number of ether oxygens (including phenoxy) is 3. The predicted octanol–water partition coefficient (Wildman–Crippen LogP) is 11.5. The van der Waals surface area contributed by atoms with Crippen LogP contribution in [0.3, 0.4) is 0 Å². The first-order valence-electron chi connectivity index (χ1n) is 24.6. The highest BCUT2D eigenvalue weighted by atomic mass is 16.6. The van der Waals surface area contributed by atoms with Crippen molar-refractivity contribution < 1.29 is 53.2 Å². The van der Waals surface area contributed by atoms with Crippen LogP contribution in [0.2, 0.25) is 0 Å². The molecule has 0 heterocycles. The van der Waals surface area contributed by atoms with Crippen LogP contribution in [0.4, 0.5) is 5.69 Å². The van der Waals surface area contributed by atoms with Crippen molar-refractivity contribution in [2.24, 2.45) is 0 Å². The minimum Gasteiger partial charge on any atom is -0.481 e. The van der Waals surface area contributed by atoms with Crippen LogP contribution in [-0.4, -0.2) is 77.9 Å². The Labute approximate surface area is 378 Å². The number of anilines is 1. The highest BCUT2D eigenvalue weighted by molar-refractivity contribution is 5.97. The van der Waals surface area contributed by atoms with Crippen molar-refractivity contribution in [2.45, 2.75) is 225 Å². The summed E-state index contributed by atoms with van der Waals surface area (Å²) in [6.07, 6.45) is 30.6. The maximum absolute atomic E-state index is 12.8. The molecule has 13 heteroatoms. The van der Waals surface area contributed by atoms with E-state index in [1.54, 1.807) is 0 Å². The molecule has 0 aliphatic carbocycles. The van der Waals surface area contributed by atoms with E-state index >= 15 is 0 Å². The summed E-state index contributed by atoms with van der Waals surface area (Å²) in [5.74, 6) is -4.27. The number of carboxylic acids is 2. The van der Waals surface area contributed by atoms with Gasteiger partial charge in [-0.3, -0.25) is 24.0 Å². The number of amides is 2. The normalized spacial score (nSPS) is 12.0. The SMILES string of the molecule is CCCCCCCCCCCCCCCC(=O)OCC(COCCC(=O)Nc1ccc(C(=O)N[C@@H](CCC(=O)O)C(=O)O)cc1)OC(=O)CCCCCCCCCCCCCCC. The molecule has 1 unspecified atom stereocenters. The molecule has 13 nitrogen and oxygen atoms in total. The molecular formula is C50H84N2O11. The van der Waals surface area contributed by atoms with E-state index in [0.29, 0.717) is 12.1 Å². The molecule has 2 amide bonds. The van der Waals surface area contributed by atoms with Gasteiger partial charge in [0.2, 0.25) is 5.91 Å². The predicted molar refractivity (Wildman–Crippen MR) is 248 cm³/mol. The van der Waals surface area contributed by atoms with Crippen molar-refractivity contribution in [2.75, 3.05) is 25.1 Å². The van der Waals surface area contributed by atoms with Crippen LogP contribution < -0.4 is 10.6 Å². The molecule has 0 spiro atoms. The monoisotopic (exact) mass is 889 g/mol. The van der Waals surface area contributed by atoms with Gasteiger partial charge < -0.3 is 35.1 Å². The molecule has 1 aromatic rings. The van der Waals surface area contributed by atoms with Gasteiger partial charge in [-0.15, -0.1) is 0 Å². The van der Waals surface area contributed by atoms with Gasteiger partial charge in [0.25, 0.3) is 5.91 Å². The van der Waals surface area contributed by atoms with Crippen LogP contribution in [0.25, 0.3) is 0 Å². The summed E-state index contributed by atoms with van der Waals surface area (Å²) in [6, 6.07) is 4.43. The molecule has 1 aromatic carbocycles. The molecule has 0 saturated heterocycles. The number of carbonyl (C=O) groups excluding carboxylic acids is 4. The molecule has 0 fully saturated rings. The van der Waals surface area contributed by atoms with Crippen LogP contribution in [0.15, 0.2) is 24.3 Å². The van der Waals surface area contributed by atoms with Gasteiger partial charge in [-0.2, -0.15) is 0 Å². The number of unbranched alkanes of at least 4 members (excludes halogenated alkanes) is 24. The van der Waals surface area contributed by atoms with Crippen LogP contribution in [0, 0.1) is 0 Å². The van der Waals surface area contributed by atoms with Crippen molar-refractivity contribution in [3.63, 3.8) is 0 Å². The van der Waals surface area contributed by atoms with Gasteiger partial charge in [-0.1, -0.05) is 168 Å². The summed E-state index contributed by atoms with van der Waals surface area (Å²) in [6.45, 7) is 4.33. The minimum atomic E-state index is -1.36. The Morgan fingerprint density at radius 3 is 1.43 bits per heavy atom. The lowest BCUT2D eigenvalue weighted by atomic mass is 10.0. The standard InChI is InChI=1S/C50H84N2O11/c1-3-5-7-9-11-13-15-17-19-21-23-25-27-29-47(56)62-40-43(63-48(57)30-28-26-24-22-20-18-16-14-12-10-8-6-4-2)39-61-38-37-45(53)51-42-33-31-41(32-34-42)49(58)52-44(50(59)60)35-36-46(54)55/h31-34,43-44H,3-30,35-40H2,1-2H3,(H,51,53)(H,52,58)(H,54,55)(H,59,60)/t43?,44-/m0/s1. The molecule has 0 aromatic heterocycles. The second kappa shape index (κ2) is 39.6. The largest absolute Gasteiger partial charge is 0.481 e. The third-order valence-corrected chi connectivity index (χ3v) is 11.2. The van der Waals surface area contributed by atoms with Gasteiger partial charge in [0.15, 0.2) is 6.10 Å². The fourth-order valence-electron chi connectivity index (χ4n) is 7.27. The third kappa shape index (κ3) is 34.1. The smallest absolute Gasteiger partial charge is 0.326 e. The molecule has 0 radical (unpaired) electrons. The van der Waals surface area contributed by atoms with E-state index in [-0.39, 0.29) is 62.5 Å². The molecule has 0 bridgehead atoms. The lowest BCUT2D eigenvalue weighted by molar-refractivity contribution is -0.163. The van der Waals surface area contributed by atoms with E-state index in [1.165, 1.54) is 153 Å². The van der Waals surface area contributed by atoms with Crippen LogP contribution in [0.1, 0.15) is 223 Å². The van der Waals surface area contributed by atoms with E-state index < -0.39 is 36.4 Å². The Kier molecular flexibility index (Phi) is 35.8. The summed E-state index contributed by atoms with van der Waals surface area (Å²) in [7, 11) is 0. The maximum atomic E-state index is 12.8. The van der Waals surface area contributed by atoms with Gasteiger partial charge in [0.1, 0.15) is 12.6 Å². The van der Waals surface area contributed by atoms with Gasteiger partial charge in [-0.25, -0.2) is 4.79 Å². The van der Waals surface area contributed by atoms with Crippen LogP contribution >= 0.6 is 0 Å². The van der Waals surface area contributed by atoms with Gasteiger partial charge in [0, 0.05) is 30.5 Å². The Hall–Kier alpha value is -4.00. The molecule has 63 heavy (non-hydrogen) atoms. The number of nitrogens with one attached hydrogen (secondary N) is 2. The summed E-state index contributed by atoms with van der Waals surface area (Å²) < 4.78 is 16.9. The number of benzene rings is 1. The molecule has 1 rings (SSSR count). The third-order valence-electron chi connectivity index (χ3n) is 11.2. The van der Waals surface area contributed by atoms with Crippen molar-refractivity contribution in [3.8, 4) is 0 Å². The zero-order chi connectivity index (χ0) is 46.2. The summed E-state index contributed by atoms with van der Waals surface area (Å²) in [5.41, 5.74) is 0.533. The fourth-order valence-corrected chi connectivity index (χ4v) is 7.27. The average Bonchev–Trinajstić information content (AvgIpc) is 3.26.